The van der Waals surface area contributed by atoms with E-state index >= 15 is 0 Å². The van der Waals surface area contributed by atoms with Crippen molar-refractivity contribution in [3.8, 4) is 0 Å². The van der Waals surface area contributed by atoms with Gasteiger partial charge in [0.05, 0.1) is 6.20 Å². The first kappa shape index (κ1) is 17.0. The van der Waals surface area contributed by atoms with Crippen LogP contribution in [0.2, 0.25) is 0 Å². The van der Waals surface area contributed by atoms with E-state index in [0.717, 1.165) is 61.5 Å². The van der Waals surface area contributed by atoms with Gasteiger partial charge in [0, 0.05) is 30.3 Å². The minimum atomic E-state index is 0.364. The normalized spacial score (nSPS) is 21.4. The Morgan fingerprint density at radius 3 is 2.75 bits per heavy atom. The first-order chi connectivity index (χ1) is 11.5. The molecular weight excluding hydrogens is 300 g/mol. The monoisotopic (exact) mass is 330 g/mol. The number of rotatable bonds is 6. The maximum absolute atomic E-state index is 6.02. The van der Waals surface area contributed by atoms with Gasteiger partial charge in [-0.25, -0.2) is 4.98 Å². The van der Waals surface area contributed by atoms with Gasteiger partial charge in [-0.3, -0.25) is 0 Å². The topological polar surface area (TPSA) is 80.3 Å². The van der Waals surface area contributed by atoms with E-state index in [0.29, 0.717) is 18.0 Å². The smallest absolute Gasteiger partial charge is 0.159 e. The summed E-state index contributed by atoms with van der Waals surface area (Å²) in [6.45, 7) is 7.54. The Bertz CT molecular complexity index is 669. The lowest BCUT2D eigenvalue weighted by Crippen LogP contribution is -2.33. The van der Waals surface area contributed by atoms with Crippen LogP contribution in [0.25, 0.3) is 5.65 Å². The molecule has 0 radical (unpaired) electrons. The van der Waals surface area contributed by atoms with Crippen LogP contribution in [0.1, 0.15) is 51.5 Å². The highest BCUT2D eigenvalue weighted by Crippen LogP contribution is 2.27. The summed E-state index contributed by atoms with van der Waals surface area (Å²) < 4.78 is 1.90. The molecule has 2 aromatic rings. The molecule has 0 bridgehead atoms. The van der Waals surface area contributed by atoms with Crippen LogP contribution < -0.4 is 16.4 Å². The average molecular weight is 330 g/mol. The van der Waals surface area contributed by atoms with Gasteiger partial charge >= 0.3 is 0 Å². The standard InChI is InChI=1S/C18H30N6/c1-12(2)8-10-20-18-13(3)17(23-16-9-11-21-24(16)18)22-15-6-4-14(19)5-7-15/h9,11-12,14-15,20H,4-8,10,19H2,1-3H3,(H,22,23). The second-order valence-corrected chi connectivity index (χ2v) is 7.40. The number of hydrogen-bond acceptors (Lipinski definition) is 5. The van der Waals surface area contributed by atoms with Crippen molar-refractivity contribution in [1.29, 1.82) is 0 Å². The van der Waals surface area contributed by atoms with E-state index in [1.165, 1.54) is 0 Å². The zero-order valence-electron chi connectivity index (χ0n) is 15.0. The SMILES string of the molecule is Cc1c(NC2CCC(N)CC2)nc2ccnn2c1NCCC(C)C. The molecule has 2 heterocycles. The van der Waals surface area contributed by atoms with Crippen molar-refractivity contribution < 1.29 is 0 Å². The molecule has 0 aromatic carbocycles. The molecule has 0 aliphatic heterocycles. The minimum Gasteiger partial charge on any atom is -0.370 e. The van der Waals surface area contributed by atoms with Crippen molar-refractivity contribution in [2.24, 2.45) is 11.7 Å². The van der Waals surface area contributed by atoms with Gasteiger partial charge in [0.25, 0.3) is 0 Å². The number of fused-ring (bicyclic) bond motifs is 1. The molecule has 2 aromatic heterocycles. The molecule has 1 fully saturated rings. The van der Waals surface area contributed by atoms with Crippen LogP contribution in [0, 0.1) is 12.8 Å². The molecule has 1 aliphatic carbocycles. The van der Waals surface area contributed by atoms with E-state index in [4.69, 9.17) is 10.7 Å². The van der Waals surface area contributed by atoms with Crippen LogP contribution in [-0.2, 0) is 0 Å². The molecule has 4 N–H and O–H groups in total. The van der Waals surface area contributed by atoms with Gasteiger partial charge in [-0.2, -0.15) is 9.61 Å². The van der Waals surface area contributed by atoms with E-state index in [1.54, 1.807) is 6.20 Å². The van der Waals surface area contributed by atoms with Crippen molar-refractivity contribution in [2.45, 2.75) is 65.0 Å². The van der Waals surface area contributed by atoms with Crippen molar-refractivity contribution in [1.82, 2.24) is 14.6 Å². The molecule has 1 aliphatic rings. The van der Waals surface area contributed by atoms with Crippen molar-refractivity contribution in [3.05, 3.63) is 17.8 Å². The van der Waals surface area contributed by atoms with Gasteiger partial charge in [0.15, 0.2) is 5.65 Å². The van der Waals surface area contributed by atoms with E-state index in [1.807, 2.05) is 10.6 Å². The lowest BCUT2D eigenvalue weighted by molar-refractivity contribution is 0.410. The quantitative estimate of drug-likeness (QED) is 0.758. The Balaban J connectivity index is 1.81. The molecule has 0 saturated heterocycles. The van der Waals surface area contributed by atoms with Crippen LogP contribution in [0.3, 0.4) is 0 Å². The zero-order valence-corrected chi connectivity index (χ0v) is 15.0. The first-order valence-corrected chi connectivity index (χ1v) is 9.15. The number of hydrogen-bond donors (Lipinski definition) is 3. The highest BCUT2D eigenvalue weighted by molar-refractivity contribution is 5.63. The summed E-state index contributed by atoms with van der Waals surface area (Å²) in [6, 6.07) is 2.78. The fraction of sp³-hybridized carbons (Fsp3) is 0.667. The summed E-state index contributed by atoms with van der Waals surface area (Å²) in [5, 5.41) is 11.6. The first-order valence-electron chi connectivity index (χ1n) is 9.15. The molecule has 0 amide bonds. The van der Waals surface area contributed by atoms with Crippen LogP contribution in [0.4, 0.5) is 11.6 Å². The Morgan fingerprint density at radius 1 is 1.29 bits per heavy atom. The van der Waals surface area contributed by atoms with Crippen molar-refractivity contribution in [2.75, 3.05) is 17.2 Å². The maximum atomic E-state index is 6.02. The third kappa shape index (κ3) is 3.80. The zero-order chi connectivity index (χ0) is 17.1. The molecule has 6 heteroatoms. The predicted molar refractivity (Wildman–Crippen MR) is 99.5 cm³/mol. The molecule has 0 spiro atoms. The van der Waals surface area contributed by atoms with E-state index in [9.17, 15) is 0 Å². The third-order valence-corrected chi connectivity index (χ3v) is 4.90. The summed E-state index contributed by atoms with van der Waals surface area (Å²) in [5.74, 6) is 2.69. The number of nitrogens with zero attached hydrogens (tertiary/aromatic N) is 3. The molecular formula is C18H30N6. The molecule has 3 rings (SSSR count). The Labute approximate surface area is 144 Å². The van der Waals surface area contributed by atoms with Gasteiger partial charge in [-0.1, -0.05) is 13.8 Å². The number of nitrogens with two attached hydrogens (primary N) is 1. The Morgan fingerprint density at radius 2 is 2.04 bits per heavy atom. The van der Waals surface area contributed by atoms with Crippen LogP contribution in [0.5, 0.6) is 0 Å². The van der Waals surface area contributed by atoms with E-state index in [-0.39, 0.29) is 0 Å². The summed E-state index contributed by atoms with van der Waals surface area (Å²) in [6.07, 6.45) is 7.34. The largest absolute Gasteiger partial charge is 0.370 e. The van der Waals surface area contributed by atoms with E-state index < -0.39 is 0 Å². The maximum Gasteiger partial charge on any atom is 0.159 e. The van der Waals surface area contributed by atoms with Gasteiger partial charge in [0.2, 0.25) is 0 Å². The molecule has 6 nitrogen and oxygen atoms in total. The molecule has 24 heavy (non-hydrogen) atoms. The molecule has 0 atom stereocenters. The average Bonchev–Trinajstić information content (AvgIpc) is 3.00. The van der Waals surface area contributed by atoms with Gasteiger partial charge in [0.1, 0.15) is 11.6 Å². The summed E-state index contributed by atoms with van der Waals surface area (Å²) in [5.41, 5.74) is 8.03. The number of nitrogens with one attached hydrogen (secondary N) is 2. The molecule has 0 unspecified atom stereocenters. The second kappa shape index (κ2) is 7.38. The van der Waals surface area contributed by atoms with Crippen LogP contribution in [-0.4, -0.2) is 33.2 Å². The Kier molecular flexibility index (Phi) is 5.23. The van der Waals surface area contributed by atoms with Crippen molar-refractivity contribution >= 4 is 17.3 Å². The van der Waals surface area contributed by atoms with Gasteiger partial charge in [-0.05, 0) is 44.9 Å². The fourth-order valence-electron chi connectivity index (χ4n) is 3.31. The second-order valence-electron chi connectivity index (χ2n) is 7.40. The third-order valence-electron chi connectivity index (χ3n) is 4.90. The fourth-order valence-corrected chi connectivity index (χ4v) is 3.31. The number of anilines is 2. The van der Waals surface area contributed by atoms with Gasteiger partial charge < -0.3 is 16.4 Å². The Hall–Kier alpha value is -1.82. The molecule has 132 valence electrons. The summed E-state index contributed by atoms with van der Waals surface area (Å²) in [7, 11) is 0. The van der Waals surface area contributed by atoms with Crippen molar-refractivity contribution in [3.63, 3.8) is 0 Å². The minimum absolute atomic E-state index is 0.364. The highest BCUT2D eigenvalue weighted by atomic mass is 15.3. The van der Waals surface area contributed by atoms with Crippen LogP contribution in [0.15, 0.2) is 12.3 Å². The lowest BCUT2D eigenvalue weighted by atomic mass is 9.92. The highest BCUT2D eigenvalue weighted by Gasteiger charge is 2.21. The predicted octanol–water partition coefficient (Wildman–Crippen LogP) is 3.18. The van der Waals surface area contributed by atoms with Crippen LogP contribution >= 0.6 is 0 Å². The molecule has 1 saturated carbocycles. The number of aromatic nitrogens is 3. The lowest BCUT2D eigenvalue weighted by Gasteiger charge is -2.28. The summed E-state index contributed by atoms with van der Waals surface area (Å²) in [4.78, 5) is 4.77. The van der Waals surface area contributed by atoms with Gasteiger partial charge in [-0.15, -0.1) is 0 Å². The summed E-state index contributed by atoms with van der Waals surface area (Å²) >= 11 is 0. The van der Waals surface area contributed by atoms with E-state index in [2.05, 4.69) is 36.5 Å².